The topological polar surface area (TPSA) is 45.0 Å². The van der Waals surface area contributed by atoms with Gasteiger partial charge >= 0.3 is 0 Å². The predicted molar refractivity (Wildman–Crippen MR) is 76.2 cm³/mol. The van der Waals surface area contributed by atoms with E-state index >= 15 is 0 Å². The zero-order valence-corrected chi connectivity index (χ0v) is 11.4. The van der Waals surface area contributed by atoms with Crippen LogP contribution in [-0.4, -0.2) is 7.11 Å². The highest BCUT2D eigenvalue weighted by Gasteiger charge is 2.06. The number of aryl methyl sites for hydroxylation is 1. The lowest BCUT2D eigenvalue weighted by molar-refractivity contribution is 0.410. The SMILES string of the molecule is COc1ccc(C#N)cc1CNc1cc(F)ccc1C. The van der Waals surface area contributed by atoms with Crippen LogP contribution < -0.4 is 10.1 Å². The molecule has 2 aromatic rings. The van der Waals surface area contributed by atoms with Crippen molar-refractivity contribution >= 4 is 5.69 Å². The number of anilines is 1. The van der Waals surface area contributed by atoms with Gasteiger partial charge in [0.1, 0.15) is 11.6 Å². The summed E-state index contributed by atoms with van der Waals surface area (Å²) in [7, 11) is 1.58. The first-order valence-corrected chi connectivity index (χ1v) is 6.21. The summed E-state index contributed by atoms with van der Waals surface area (Å²) in [5, 5.41) is 12.1. The van der Waals surface area contributed by atoms with Crippen LogP contribution in [-0.2, 0) is 6.54 Å². The average Bonchev–Trinajstić information content (AvgIpc) is 2.47. The monoisotopic (exact) mass is 270 g/mol. The molecule has 0 radical (unpaired) electrons. The van der Waals surface area contributed by atoms with E-state index in [2.05, 4.69) is 11.4 Å². The molecule has 1 N–H and O–H groups in total. The van der Waals surface area contributed by atoms with Gasteiger partial charge in [0.15, 0.2) is 0 Å². The Morgan fingerprint density at radius 3 is 2.75 bits per heavy atom. The second kappa shape index (κ2) is 6.07. The lowest BCUT2D eigenvalue weighted by atomic mass is 10.1. The summed E-state index contributed by atoms with van der Waals surface area (Å²) in [5.41, 5.74) is 3.12. The first-order valence-electron chi connectivity index (χ1n) is 6.21. The third-order valence-corrected chi connectivity index (χ3v) is 3.08. The molecule has 0 aromatic heterocycles. The van der Waals surface area contributed by atoms with Crippen molar-refractivity contribution in [2.75, 3.05) is 12.4 Å². The fraction of sp³-hybridized carbons (Fsp3) is 0.188. The minimum absolute atomic E-state index is 0.282. The van der Waals surface area contributed by atoms with Crippen LogP contribution >= 0.6 is 0 Å². The molecule has 0 spiro atoms. The van der Waals surface area contributed by atoms with Crippen molar-refractivity contribution < 1.29 is 9.13 Å². The van der Waals surface area contributed by atoms with Crippen molar-refractivity contribution in [1.82, 2.24) is 0 Å². The Labute approximate surface area is 117 Å². The van der Waals surface area contributed by atoms with Crippen molar-refractivity contribution in [2.24, 2.45) is 0 Å². The molecule has 0 amide bonds. The largest absolute Gasteiger partial charge is 0.496 e. The Bertz CT molecular complexity index is 662. The normalized spacial score (nSPS) is 9.90. The van der Waals surface area contributed by atoms with Gasteiger partial charge in [0.2, 0.25) is 0 Å². The Kier molecular flexibility index (Phi) is 4.21. The summed E-state index contributed by atoms with van der Waals surface area (Å²) in [5.74, 6) is 0.418. The van der Waals surface area contributed by atoms with Gasteiger partial charge in [-0.3, -0.25) is 0 Å². The average molecular weight is 270 g/mol. The molecule has 0 atom stereocenters. The van der Waals surface area contributed by atoms with Crippen LogP contribution in [0, 0.1) is 24.1 Å². The molecular formula is C16H15FN2O. The minimum Gasteiger partial charge on any atom is -0.496 e. The number of benzene rings is 2. The highest BCUT2D eigenvalue weighted by Crippen LogP contribution is 2.22. The maximum absolute atomic E-state index is 13.2. The van der Waals surface area contributed by atoms with Crippen molar-refractivity contribution in [2.45, 2.75) is 13.5 Å². The maximum Gasteiger partial charge on any atom is 0.125 e. The number of rotatable bonds is 4. The van der Waals surface area contributed by atoms with Gasteiger partial charge in [0.05, 0.1) is 18.7 Å². The van der Waals surface area contributed by atoms with Crippen LogP contribution in [0.4, 0.5) is 10.1 Å². The molecule has 102 valence electrons. The van der Waals surface area contributed by atoms with Crippen LogP contribution in [0.25, 0.3) is 0 Å². The zero-order chi connectivity index (χ0) is 14.5. The van der Waals surface area contributed by atoms with E-state index in [0.29, 0.717) is 17.9 Å². The zero-order valence-electron chi connectivity index (χ0n) is 11.4. The van der Waals surface area contributed by atoms with Crippen LogP contribution in [0.1, 0.15) is 16.7 Å². The number of methoxy groups -OCH3 is 1. The van der Waals surface area contributed by atoms with E-state index < -0.39 is 0 Å². The number of hydrogen-bond acceptors (Lipinski definition) is 3. The van der Waals surface area contributed by atoms with E-state index in [1.54, 1.807) is 31.4 Å². The molecule has 2 aromatic carbocycles. The molecule has 0 bridgehead atoms. The van der Waals surface area contributed by atoms with E-state index in [0.717, 1.165) is 16.8 Å². The standard InChI is InChI=1S/C16H15FN2O/c1-11-3-5-14(17)8-15(11)19-10-13-7-12(9-18)4-6-16(13)20-2/h3-8,19H,10H2,1-2H3. The van der Waals surface area contributed by atoms with Gasteiger partial charge in [-0.2, -0.15) is 5.26 Å². The van der Waals surface area contributed by atoms with Crippen LogP contribution in [0.2, 0.25) is 0 Å². The molecule has 0 aliphatic heterocycles. The van der Waals surface area contributed by atoms with Crippen molar-refractivity contribution in [1.29, 1.82) is 5.26 Å². The van der Waals surface area contributed by atoms with Crippen molar-refractivity contribution in [3.05, 3.63) is 58.9 Å². The molecule has 0 saturated carbocycles. The number of nitriles is 1. The summed E-state index contributed by atoms with van der Waals surface area (Å²) >= 11 is 0. The van der Waals surface area contributed by atoms with Gasteiger partial charge in [0, 0.05) is 17.8 Å². The van der Waals surface area contributed by atoms with E-state index in [-0.39, 0.29) is 5.82 Å². The third kappa shape index (κ3) is 3.07. The molecule has 0 fully saturated rings. The molecule has 0 aliphatic rings. The third-order valence-electron chi connectivity index (χ3n) is 3.08. The van der Waals surface area contributed by atoms with Gasteiger partial charge in [-0.15, -0.1) is 0 Å². The van der Waals surface area contributed by atoms with Gasteiger partial charge in [-0.05, 0) is 42.8 Å². The van der Waals surface area contributed by atoms with Gasteiger partial charge in [-0.25, -0.2) is 4.39 Å². The Morgan fingerprint density at radius 2 is 2.05 bits per heavy atom. The fourth-order valence-electron chi connectivity index (χ4n) is 1.96. The molecule has 0 saturated heterocycles. The Hall–Kier alpha value is -2.54. The molecule has 20 heavy (non-hydrogen) atoms. The van der Waals surface area contributed by atoms with E-state index in [1.165, 1.54) is 12.1 Å². The first-order chi connectivity index (χ1) is 9.63. The van der Waals surface area contributed by atoms with Crippen LogP contribution in [0.3, 0.4) is 0 Å². The first kappa shape index (κ1) is 13.9. The van der Waals surface area contributed by atoms with Crippen LogP contribution in [0.5, 0.6) is 5.75 Å². The van der Waals surface area contributed by atoms with Crippen LogP contribution in [0.15, 0.2) is 36.4 Å². The van der Waals surface area contributed by atoms with E-state index in [4.69, 9.17) is 10.00 Å². The van der Waals surface area contributed by atoms with Crippen molar-refractivity contribution in [3.63, 3.8) is 0 Å². The molecule has 0 heterocycles. The quantitative estimate of drug-likeness (QED) is 0.922. The maximum atomic E-state index is 13.2. The van der Waals surface area contributed by atoms with E-state index in [9.17, 15) is 4.39 Å². The number of halogens is 1. The lowest BCUT2D eigenvalue weighted by Crippen LogP contribution is -2.03. The lowest BCUT2D eigenvalue weighted by Gasteiger charge is -2.12. The number of nitrogens with zero attached hydrogens (tertiary/aromatic N) is 1. The number of nitrogens with one attached hydrogen (secondary N) is 1. The Morgan fingerprint density at radius 1 is 1.25 bits per heavy atom. The second-order valence-electron chi connectivity index (χ2n) is 4.45. The van der Waals surface area contributed by atoms with Gasteiger partial charge in [0.25, 0.3) is 0 Å². The highest BCUT2D eigenvalue weighted by atomic mass is 19.1. The summed E-state index contributed by atoms with van der Waals surface area (Å²) in [6.45, 7) is 2.37. The molecular weight excluding hydrogens is 255 g/mol. The van der Waals surface area contributed by atoms with Gasteiger partial charge in [-0.1, -0.05) is 6.07 Å². The summed E-state index contributed by atoms with van der Waals surface area (Å²) in [4.78, 5) is 0. The molecule has 4 heteroatoms. The fourth-order valence-corrected chi connectivity index (χ4v) is 1.96. The number of hydrogen-bond donors (Lipinski definition) is 1. The summed E-state index contributed by atoms with van der Waals surface area (Å²) < 4.78 is 18.5. The molecule has 0 unspecified atom stereocenters. The smallest absolute Gasteiger partial charge is 0.125 e. The Balaban J connectivity index is 2.22. The van der Waals surface area contributed by atoms with E-state index in [1.807, 2.05) is 6.92 Å². The number of ether oxygens (including phenoxy) is 1. The molecule has 3 nitrogen and oxygen atoms in total. The van der Waals surface area contributed by atoms with Crippen molar-refractivity contribution in [3.8, 4) is 11.8 Å². The minimum atomic E-state index is -0.282. The predicted octanol–water partition coefficient (Wildman–Crippen LogP) is 3.63. The highest BCUT2D eigenvalue weighted by molar-refractivity contribution is 5.52. The second-order valence-corrected chi connectivity index (χ2v) is 4.45. The van der Waals surface area contributed by atoms with Gasteiger partial charge < -0.3 is 10.1 Å². The summed E-state index contributed by atoms with van der Waals surface area (Å²) in [6.07, 6.45) is 0. The summed E-state index contributed by atoms with van der Waals surface area (Å²) in [6, 6.07) is 11.9. The molecule has 0 aliphatic carbocycles. The molecule has 2 rings (SSSR count).